The first-order valence-corrected chi connectivity index (χ1v) is 8.56. The van der Waals surface area contributed by atoms with Crippen molar-refractivity contribution in [1.29, 1.82) is 0 Å². The molecule has 0 aliphatic heterocycles. The maximum absolute atomic E-state index is 12.0. The van der Waals surface area contributed by atoms with Crippen LogP contribution in [0.3, 0.4) is 0 Å². The number of carbonyl (C=O) groups excluding carboxylic acids is 2. The van der Waals surface area contributed by atoms with Gasteiger partial charge in [0, 0.05) is 17.3 Å². The minimum Gasteiger partial charge on any atom is -0.376 e. The molecule has 0 bridgehead atoms. The zero-order valence-electron chi connectivity index (χ0n) is 14.3. The molecule has 0 saturated heterocycles. The number of benzene rings is 2. The first-order chi connectivity index (χ1) is 12.0. The molecular formula is C19H22ClN3O2. The second-order valence-corrected chi connectivity index (χ2v) is 6.15. The van der Waals surface area contributed by atoms with Crippen LogP contribution in [0.1, 0.15) is 30.6 Å². The summed E-state index contributed by atoms with van der Waals surface area (Å²) in [6.45, 7) is 4.08. The van der Waals surface area contributed by atoms with E-state index in [4.69, 9.17) is 11.6 Å². The Kier molecular flexibility index (Phi) is 6.83. The molecule has 2 aromatic carbocycles. The monoisotopic (exact) mass is 359 g/mol. The van der Waals surface area contributed by atoms with Crippen molar-refractivity contribution in [2.75, 3.05) is 17.2 Å². The molecule has 1 unspecified atom stereocenters. The Labute approximate surface area is 152 Å². The Bertz CT molecular complexity index is 732. The Morgan fingerprint density at radius 3 is 2.40 bits per heavy atom. The molecule has 0 saturated carbocycles. The average Bonchev–Trinajstić information content (AvgIpc) is 2.62. The third-order valence-electron chi connectivity index (χ3n) is 3.74. The smallest absolute Gasteiger partial charge is 0.251 e. The number of carbonyl (C=O) groups is 2. The summed E-state index contributed by atoms with van der Waals surface area (Å²) in [4.78, 5) is 24.0. The minimum atomic E-state index is -0.202. The van der Waals surface area contributed by atoms with Gasteiger partial charge in [0.2, 0.25) is 5.91 Å². The van der Waals surface area contributed by atoms with E-state index < -0.39 is 0 Å². The summed E-state index contributed by atoms with van der Waals surface area (Å²) >= 11 is 6.01. The SMILES string of the molecule is CCC(C)NC(=O)c1ccc(NCC(=O)Nc2ccccc2Cl)cc1. The summed E-state index contributed by atoms with van der Waals surface area (Å²) in [7, 11) is 0. The Morgan fingerprint density at radius 2 is 1.76 bits per heavy atom. The first kappa shape index (κ1) is 18.8. The van der Waals surface area contributed by atoms with Crippen LogP contribution in [0.2, 0.25) is 5.02 Å². The summed E-state index contributed by atoms with van der Waals surface area (Å²) in [5, 5.41) is 9.16. The topological polar surface area (TPSA) is 70.2 Å². The Morgan fingerprint density at radius 1 is 1.08 bits per heavy atom. The van der Waals surface area contributed by atoms with Crippen molar-refractivity contribution in [1.82, 2.24) is 5.32 Å². The van der Waals surface area contributed by atoms with E-state index >= 15 is 0 Å². The number of para-hydroxylation sites is 1. The van der Waals surface area contributed by atoms with Gasteiger partial charge in [-0.05, 0) is 49.7 Å². The molecule has 3 N–H and O–H groups in total. The van der Waals surface area contributed by atoms with Crippen LogP contribution in [0.4, 0.5) is 11.4 Å². The second kappa shape index (κ2) is 9.08. The summed E-state index contributed by atoms with van der Waals surface area (Å²) in [5.74, 6) is -0.302. The van der Waals surface area contributed by atoms with Gasteiger partial charge in [-0.2, -0.15) is 0 Å². The van der Waals surface area contributed by atoms with E-state index in [1.54, 1.807) is 48.5 Å². The fourth-order valence-electron chi connectivity index (χ4n) is 2.09. The molecular weight excluding hydrogens is 338 g/mol. The molecule has 0 spiro atoms. The van der Waals surface area contributed by atoms with E-state index in [2.05, 4.69) is 16.0 Å². The van der Waals surface area contributed by atoms with Gasteiger partial charge in [0.05, 0.1) is 17.3 Å². The van der Waals surface area contributed by atoms with E-state index in [0.29, 0.717) is 16.3 Å². The van der Waals surface area contributed by atoms with E-state index in [9.17, 15) is 9.59 Å². The van der Waals surface area contributed by atoms with Crippen LogP contribution in [0.5, 0.6) is 0 Å². The number of amides is 2. The van der Waals surface area contributed by atoms with Gasteiger partial charge in [0.25, 0.3) is 5.91 Å². The molecule has 1 atom stereocenters. The molecule has 0 radical (unpaired) electrons. The summed E-state index contributed by atoms with van der Waals surface area (Å²) in [6, 6.07) is 14.2. The van der Waals surface area contributed by atoms with Crippen molar-refractivity contribution < 1.29 is 9.59 Å². The quantitative estimate of drug-likeness (QED) is 0.701. The average molecular weight is 360 g/mol. The van der Waals surface area contributed by atoms with Crippen molar-refractivity contribution >= 4 is 34.8 Å². The van der Waals surface area contributed by atoms with Crippen molar-refractivity contribution in [3.8, 4) is 0 Å². The number of nitrogens with one attached hydrogen (secondary N) is 3. The zero-order valence-corrected chi connectivity index (χ0v) is 15.1. The predicted molar refractivity (Wildman–Crippen MR) is 102 cm³/mol. The van der Waals surface area contributed by atoms with Crippen LogP contribution in [-0.4, -0.2) is 24.4 Å². The number of hydrogen-bond acceptors (Lipinski definition) is 3. The van der Waals surface area contributed by atoms with Gasteiger partial charge in [-0.3, -0.25) is 9.59 Å². The predicted octanol–water partition coefficient (Wildman–Crippen LogP) is 3.92. The largest absolute Gasteiger partial charge is 0.376 e. The van der Waals surface area contributed by atoms with Crippen molar-refractivity contribution in [3.05, 3.63) is 59.1 Å². The highest BCUT2D eigenvalue weighted by molar-refractivity contribution is 6.33. The summed E-state index contributed by atoms with van der Waals surface area (Å²) in [6.07, 6.45) is 0.881. The molecule has 6 heteroatoms. The van der Waals surface area contributed by atoms with Crippen molar-refractivity contribution in [2.24, 2.45) is 0 Å². The summed E-state index contributed by atoms with van der Waals surface area (Å²) < 4.78 is 0. The van der Waals surface area contributed by atoms with Crippen LogP contribution in [0, 0.1) is 0 Å². The van der Waals surface area contributed by atoms with E-state index in [0.717, 1.165) is 12.1 Å². The number of rotatable bonds is 7. The Balaban J connectivity index is 1.86. The van der Waals surface area contributed by atoms with Crippen LogP contribution in [0.15, 0.2) is 48.5 Å². The highest BCUT2D eigenvalue weighted by atomic mass is 35.5. The molecule has 0 aliphatic rings. The lowest BCUT2D eigenvalue weighted by Gasteiger charge is -2.12. The van der Waals surface area contributed by atoms with Crippen LogP contribution in [0.25, 0.3) is 0 Å². The van der Waals surface area contributed by atoms with Crippen LogP contribution in [-0.2, 0) is 4.79 Å². The van der Waals surface area contributed by atoms with Gasteiger partial charge in [-0.25, -0.2) is 0 Å². The van der Waals surface area contributed by atoms with Crippen molar-refractivity contribution in [3.63, 3.8) is 0 Å². The number of halogens is 1. The lowest BCUT2D eigenvalue weighted by molar-refractivity contribution is -0.114. The molecule has 2 aromatic rings. The molecule has 132 valence electrons. The van der Waals surface area contributed by atoms with Gasteiger partial charge >= 0.3 is 0 Å². The maximum Gasteiger partial charge on any atom is 0.251 e. The molecule has 0 heterocycles. The first-order valence-electron chi connectivity index (χ1n) is 8.18. The molecule has 0 aliphatic carbocycles. The van der Waals surface area contributed by atoms with Gasteiger partial charge in [-0.1, -0.05) is 30.7 Å². The third kappa shape index (κ3) is 5.80. The molecule has 2 rings (SSSR count). The van der Waals surface area contributed by atoms with Crippen molar-refractivity contribution in [2.45, 2.75) is 26.3 Å². The van der Waals surface area contributed by atoms with Gasteiger partial charge in [0.15, 0.2) is 0 Å². The standard InChI is InChI=1S/C19H22ClN3O2/c1-3-13(2)22-19(25)14-8-10-15(11-9-14)21-12-18(24)23-17-7-5-4-6-16(17)20/h4-11,13,21H,3,12H2,1-2H3,(H,22,25)(H,23,24). The normalized spacial score (nSPS) is 11.5. The fourth-order valence-corrected chi connectivity index (χ4v) is 2.27. The minimum absolute atomic E-state index is 0.0997. The fraction of sp³-hybridized carbons (Fsp3) is 0.263. The zero-order chi connectivity index (χ0) is 18.2. The molecule has 5 nitrogen and oxygen atoms in total. The van der Waals surface area contributed by atoms with Gasteiger partial charge < -0.3 is 16.0 Å². The molecule has 2 amide bonds. The van der Waals surface area contributed by atoms with E-state index in [1.165, 1.54) is 0 Å². The lowest BCUT2D eigenvalue weighted by Crippen LogP contribution is -2.31. The summed E-state index contributed by atoms with van der Waals surface area (Å²) in [5.41, 5.74) is 1.92. The molecule has 25 heavy (non-hydrogen) atoms. The highest BCUT2D eigenvalue weighted by Crippen LogP contribution is 2.20. The molecule has 0 aromatic heterocycles. The third-order valence-corrected chi connectivity index (χ3v) is 4.07. The lowest BCUT2D eigenvalue weighted by atomic mass is 10.1. The van der Waals surface area contributed by atoms with Crippen LogP contribution >= 0.6 is 11.6 Å². The van der Waals surface area contributed by atoms with E-state index in [-0.39, 0.29) is 24.4 Å². The number of hydrogen-bond donors (Lipinski definition) is 3. The highest BCUT2D eigenvalue weighted by Gasteiger charge is 2.09. The van der Waals surface area contributed by atoms with Gasteiger partial charge in [-0.15, -0.1) is 0 Å². The van der Waals surface area contributed by atoms with Gasteiger partial charge in [0.1, 0.15) is 0 Å². The Hall–Kier alpha value is -2.53. The van der Waals surface area contributed by atoms with E-state index in [1.807, 2.05) is 13.8 Å². The van der Waals surface area contributed by atoms with Crippen LogP contribution < -0.4 is 16.0 Å². The molecule has 0 fully saturated rings. The maximum atomic E-state index is 12.0. The number of anilines is 2. The second-order valence-electron chi connectivity index (χ2n) is 5.74.